The number of benzene rings is 2. The van der Waals surface area contributed by atoms with Gasteiger partial charge in [-0.15, -0.1) is 0 Å². The number of nitrogens with one attached hydrogen (secondary N) is 1. The first-order chi connectivity index (χ1) is 9.79. The summed E-state index contributed by atoms with van der Waals surface area (Å²) in [6.45, 7) is 0. The van der Waals surface area contributed by atoms with Gasteiger partial charge >= 0.3 is 6.09 Å². The third-order valence-electron chi connectivity index (χ3n) is 2.98. The Hall–Kier alpha value is -2.82. The van der Waals surface area contributed by atoms with Crippen molar-refractivity contribution in [1.29, 1.82) is 0 Å². The molecule has 0 saturated carbocycles. The number of amides is 1. The molecular formula is C15H12N2O3. The van der Waals surface area contributed by atoms with E-state index in [1.165, 1.54) is 7.05 Å². The highest BCUT2D eigenvalue weighted by molar-refractivity contribution is 5.96. The molecule has 0 aliphatic rings. The number of fused-ring (bicyclic) bond motifs is 1. The second-order valence-corrected chi connectivity index (χ2v) is 4.18. The first-order valence-electron chi connectivity index (χ1n) is 6.12. The standard InChI is InChI=1S/C15H12N2O3/c1-16-15(18)19-14-11-5-3-2-4-10(11)6-7-12(14)13-8-9-17-20-13/h2-9H,1H3,(H,16,18). The molecule has 1 amide bonds. The minimum absolute atomic E-state index is 0.458. The average Bonchev–Trinajstić information content (AvgIpc) is 3.01. The minimum atomic E-state index is -0.526. The van der Waals surface area contributed by atoms with Gasteiger partial charge in [0.15, 0.2) is 11.5 Å². The molecule has 0 saturated heterocycles. The van der Waals surface area contributed by atoms with Crippen LogP contribution in [0.15, 0.2) is 53.2 Å². The fourth-order valence-corrected chi connectivity index (χ4v) is 2.05. The van der Waals surface area contributed by atoms with Crippen molar-refractivity contribution in [3.8, 4) is 17.1 Å². The van der Waals surface area contributed by atoms with E-state index in [1.807, 2.05) is 36.4 Å². The lowest BCUT2D eigenvalue weighted by Gasteiger charge is -2.11. The molecule has 1 heterocycles. The van der Waals surface area contributed by atoms with Crippen LogP contribution in [0.3, 0.4) is 0 Å². The highest BCUT2D eigenvalue weighted by Crippen LogP contribution is 2.36. The van der Waals surface area contributed by atoms with Crippen molar-refractivity contribution in [2.75, 3.05) is 7.05 Å². The van der Waals surface area contributed by atoms with E-state index in [9.17, 15) is 4.79 Å². The van der Waals surface area contributed by atoms with Crippen LogP contribution in [-0.4, -0.2) is 18.3 Å². The molecule has 0 spiro atoms. The molecule has 1 aromatic heterocycles. The molecule has 1 N–H and O–H groups in total. The summed E-state index contributed by atoms with van der Waals surface area (Å²) in [7, 11) is 1.52. The maximum absolute atomic E-state index is 11.6. The molecule has 3 aromatic rings. The quantitative estimate of drug-likeness (QED) is 0.775. The van der Waals surface area contributed by atoms with E-state index in [2.05, 4.69) is 10.5 Å². The third kappa shape index (κ3) is 2.09. The molecule has 100 valence electrons. The van der Waals surface area contributed by atoms with Gasteiger partial charge in [-0.2, -0.15) is 0 Å². The number of hydrogen-bond acceptors (Lipinski definition) is 4. The van der Waals surface area contributed by atoms with Crippen molar-refractivity contribution in [3.63, 3.8) is 0 Å². The highest BCUT2D eigenvalue weighted by atomic mass is 16.6. The van der Waals surface area contributed by atoms with E-state index >= 15 is 0 Å². The number of carbonyl (C=O) groups is 1. The molecule has 5 nitrogen and oxygen atoms in total. The van der Waals surface area contributed by atoms with Gasteiger partial charge in [-0.05, 0) is 11.5 Å². The Bertz CT molecular complexity index is 751. The van der Waals surface area contributed by atoms with Crippen LogP contribution < -0.4 is 10.1 Å². The Morgan fingerprint density at radius 3 is 2.80 bits per heavy atom. The second-order valence-electron chi connectivity index (χ2n) is 4.18. The summed E-state index contributed by atoms with van der Waals surface area (Å²) in [4.78, 5) is 11.6. The fourth-order valence-electron chi connectivity index (χ4n) is 2.05. The maximum atomic E-state index is 11.6. The molecule has 3 rings (SSSR count). The van der Waals surface area contributed by atoms with Crippen LogP contribution in [0.4, 0.5) is 4.79 Å². The van der Waals surface area contributed by atoms with Crippen molar-refractivity contribution >= 4 is 16.9 Å². The zero-order chi connectivity index (χ0) is 13.9. The Kier molecular flexibility index (Phi) is 3.09. The summed E-state index contributed by atoms with van der Waals surface area (Å²) in [6.07, 6.45) is 1.02. The van der Waals surface area contributed by atoms with Gasteiger partial charge in [0.1, 0.15) is 0 Å². The zero-order valence-corrected chi connectivity index (χ0v) is 10.8. The van der Waals surface area contributed by atoms with Crippen molar-refractivity contribution in [2.45, 2.75) is 0 Å². The van der Waals surface area contributed by atoms with Crippen LogP contribution in [0.2, 0.25) is 0 Å². The number of hydrogen-bond donors (Lipinski definition) is 1. The van der Waals surface area contributed by atoms with Crippen LogP contribution in [0, 0.1) is 0 Å². The summed E-state index contributed by atoms with van der Waals surface area (Å²) in [5.41, 5.74) is 0.685. The molecule has 0 fully saturated rings. The van der Waals surface area contributed by atoms with Crippen LogP contribution >= 0.6 is 0 Å². The van der Waals surface area contributed by atoms with Gasteiger partial charge in [0.25, 0.3) is 0 Å². The van der Waals surface area contributed by atoms with Crippen LogP contribution in [-0.2, 0) is 0 Å². The molecule has 0 unspecified atom stereocenters. The van der Waals surface area contributed by atoms with Crippen molar-refractivity contribution in [3.05, 3.63) is 48.7 Å². The maximum Gasteiger partial charge on any atom is 0.412 e. The molecular weight excluding hydrogens is 256 g/mol. The second kappa shape index (κ2) is 5.05. The largest absolute Gasteiger partial charge is 0.412 e. The minimum Gasteiger partial charge on any atom is -0.409 e. The van der Waals surface area contributed by atoms with E-state index < -0.39 is 6.09 Å². The normalized spacial score (nSPS) is 10.4. The lowest BCUT2D eigenvalue weighted by molar-refractivity contribution is 0.203. The number of ether oxygens (including phenoxy) is 1. The van der Waals surface area contributed by atoms with Gasteiger partial charge in [-0.1, -0.05) is 35.5 Å². The summed E-state index contributed by atoms with van der Waals surface area (Å²) in [5, 5.41) is 7.95. The number of carbonyl (C=O) groups excluding carboxylic acids is 1. The summed E-state index contributed by atoms with van der Waals surface area (Å²) in [5.74, 6) is 1.01. The Morgan fingerprint density at radius 1 is 1.20 bits per heavy atom. The Balaban J connectivity index is 2.23. The fraction of sp³-hybridized carbons (Fsp3) is 0.0667. The summed E-state index contributed by atoms with van der Waals surface area (Å²) in [6, 6.07) is 13.2. The van der Waals surface area contributed by atoms with Gasteiger partial charge in [0.2, 0.25) is 0 Å². The SMILES string of the molecule is CNC(=O)Oc1c(-c2ccno2)ccc2ccccc12. The summed E-state index contributed by atoms with van der Waals surface area (Å²) < 4.78 is 10.6. The van der Waals surface area contributed by atoms with E-state index in [1.54, 1.807) is 12.3 Å². The van der Waals surface area contributed by atoms with Gasteiger partial charge in [-0.25, -0.2) is 4.79 Å². The smallest absolute Gasteiger partial charge is 0.409 e. The molecule has 5 heteroatoms. The number of nitrogens with zero attached hydrogens (tertiary/aromatic N) is 1. The van der Waals surface area contributed by atoms with E-state index in [0.29, 0.717) is 17.1 Å². The monoisotopic (exact) mass is 268 g/mol. The van der Waals surface area contributed by atoms with Crippen LogP contribution in [0.25, 0.3) is 22.1 Å². The van der Waals surface area contributed by atoms with Crippen molar-refractivity contribution in [1.82, 2.24) is 10.5 Å². The highest BCUT2D eigenvalue weighted by Gasteiger charge is 2.16. The van der Waals surface area contributed by atoms with E-state index in [-0.39, 0.29) is 0 Å². The van der Waals surface area contributed by atoms with Gasteiger partial charge in [0, 0.05) is 18.5 Å². The van der Waals surface area contributed by atoms with Crippen LogP contribution in [0.5, 0.6) is 5.75 Å². The Labute approximate surface area is 115 Å². The molecule has 2 aromatic carbocycles. The lowest BCUT2D eigenvalue weighted by atomic mass is 10.0. The molecule has 0 aliphatic carbocycles. The number of rotatable bonds is 2. The van der Waals surface area contributed by atoms with Crippen molar-refractivity contribution in [2.24, 2.45) is 0 Å². The topological polar surface area (TPSA) is 64.4 Å². The first kappa shape index (κ1) is 12.2. The van der Waals surface area contributed by atoms with Gasteiger partial charge < -0.3 is 14.6 Å². The zero-order valence-electron chi connectivity index (χ0n) is 10.8. The molecule has 0 aliphatic heterocycles. The van der Waals surface area contributed by atoms with Gasteiger partial charge in [0.05, 0.1) is 11.8 Å². The van der Waals surface area contributed by atoms with Crippen LogP contribution in [0.1, 0.15) is 0 Å². The molecule has 0 radical (unpaired) electrons. The predicted octanol–water partition coefficient (Wildman–Crippen LogP) is 3.21. The molecule has 0 atom stereocenters. The molecule has 20 heavy (non-hydrogen) atoms. The van der Waals surface area contributed by atoms with Gasteiger partial charge in [-0.3, -0.25) is 0 Å². The third-order valence-corrected chi connectivity index (χ3v) is 2.98. The Morgan fingerprint density at radius 2 is 2.05 bits per heavy atom. The van der Waals surface area contributed by atoms with E-state index in [4.69, 9.17) is 9.26 Å². The lowest BCUT2D eigenvalue weighted by Crippen LogP contribution is -2.22. The predicted molar refractivity (Wildman–Crippen MR) is 74.5 cm³/mol. The van der Waals surface area contributed by atoms with Crippen molar-refractivity contribution < 1.29 is 14.1 Å². The first-order valence-corrected chi connectivity index (χ1v) is 6.12. The summed E-state index contributed by atoms with van der Waals surface area (Å²) >= 11 is 0. The molecule has 0 bridgehead atoms. The number of aromatic nitrogens is 1. The van der Waals surface area contributed by atoms with E-state index in [0.717, 1.165) is 10.8 Å². The average molecular weight is 268 g/mol.